The molecule has 1 amide bonds. The maximum atomic E-state index is 13.3. The van der Waals surface area contributed by atoms with Crippen molar-refractivity contribution < 1.29 is 13.2 Å². The van der Waals surface area contributed by atoms with Crippen LogP contribution in [0.4, 0.5) is 0 Å². The van der Waals surface area contributed by atoms with Gasteiger partial charge in [-0.1, -0.05) is 32.0 Å². The number of rotatable bonds is 5. The third-order valence-corrected chi connectivity index (χ3v) is 6.75. The molecule has 3 aromatic rings. The van der Waals surface area contributed by atoms with Gasteiger partial charge >= 0.3 is 0 Å². The molecule has 8 nitrogen and oxygen atoms in total. The van der Waals surface area contributed by atoms with Gasteiger partial charge in [-0.3, -0.25) is 14.3 Å². The van der Waals surface area contributed by atoms with Crippen LogP contribution in [0.5, 0.6) is 0 Å². The average molecular weight is 426 g/mol. The molecular formula is C21H23N5O3S. The summed E-state index contributed by atoms with van der Waals surface area (Å²) < 4.78 is 29.7. The maximum Gasteiger partial charge on any atom is 0.272 e. The molecule has 0 bridgehead atoms. The number of pyridine rings is 1. The lowest BCUT2D eigenvalue weighted by Gasteiger charge is -2.22. The number of carbonyl (C=O) groups excluding carboxylic acids is 1. The fourth-order valence-electron chi connectivity index (χ4n) is 3.53. The van der Waals surface area contributed by atoms with Crippen LogP contribution in [0, 0.1) is 5.92 Å². The van der Waals surface area contributed by atoms with Crippen LogP contribution in [0.25, 0.3) is 5.69 Å². The predicted octanol–water partition coefficient (Wildman–Crippen LogP) is 2.36. The van der Waals surface area contributed by atoms with Crippen LogP contribution in [0.3, 0.4) is 0 Å². The van der Waals surface area contributed by atoms with Crippen molar-refractivity contribution in [2.75, 3.05) is 6.54 Å². The minimum absolute atomic E-state index is 0.0742. The Morgan fingerprint density at radius 3 is 2.73 bits per heavy atom. The zero-order valence-corrected chi connectivity index (χ0v) is 17.6. The number of para-hydroxylation sites is 1. The van der Waals surface area contributed by atoms with Gasteiger partial charge in [-0.15, -0.1) is 0 Å². The summed E-state index contributed by atoms with van der Waals surface area (Å²) in [5, 5.41) is 2.85. The third kappa shape index (κ3) is 3.73. The molecule has 0 unspecified atom stereocenters. The van der Waals surface area contributed by atoms with Crippen molar-refractivity contribution in [3.63, 3.8) is 0 Å². The quantitative estimate of drug-likeness (QED) is 0.677. The van der Waals surface area contributed by atoms with Gasteiger partial charge in [-0.25, -0.2) is 13.4 Å². The zero-order chi connectivity index (χ0) is 21.3. The van der Waals surface area contributed by atoms with E-state index in [1.165, 1.54) is 10.6 Å². The van der Waals surface area contributed by atoms with Crippen LogP contribution in [0.15, 0.2) is 60.0 Å². The van der Waals surface area contributed by atoms with E-state index in [0.29, 0.717) is 24.5 Å². The van der Waals surface area contributed by atoms with Crippen LogP contribution >= 0.6 is 0 Å². The Hall–Kier alpha value is -3.04. The van der Waals surface area contributed by atoms with Gasteiger partial charge in [0.15, 0.2) is 5.69 Å². The van der Waals surface area contributed by atoms with E-state index in [-0.39, 0.29) is 29.0 Å². The summed E-state index contributed by atoms with van der Waals surface area (Å²) in [6.07, 6.45) is 4.87. The Kier molecular flexibility index (Phi) is 5.40. The predicted molar refractivity (Wildman–Crippen MR) is 111 cm³/mol. The lowest BCUT2D eigenvalue weighted by molar-refractivity contribution is 0.0944. The third-order valence-electron chi connectivity index (χ3n) is 4.89. The number of hydrogen-bond donors (Lipinski definition) is 1. The van der Waals surface area contributed by atoms with Gasteiger partial charge in [0.25, 0.3) is 5.91 Å². The van der Waals surface area contributed by atoms with Crippen LogP contribution in [0.1, 0.15) is 35.6 Å². The van der Waals surface area contributed by atoms with Gasteiger partial charge in [0, 0.05) is 25.5 Å². The number of aromatic nitrogens is 3. The SMILES string of the molecule is CC(C)CN1Cc2c(C(=O)NCc3cccnc3)ncn2-c2ccccc2S1(=O)=O. The first kappa shape index (κ1) is 20.2. The van der Waals surface area contributed by atoms with Crippen molar-refractivity contribution in [3.8, 4) is 5.69 Å². The summed E-state index contributed by atoms with van der Waals surface area (Å²) in [6, 6.07) is 10.5. The van der Waals surface area contributed by atoms with Crippen LogP contribution in [-0.4, -0.2) is 39.7 Å². The highest BCUT2D eigenvalue weighted by atomic mass is 32.2. The number of sulfonamides is 1. The summed E-state index contributed by atoms with van der Waals surface area (Å²) in [4.78, 5) is 21.5. The highest BCUT2D eigenvalue weighted by Gasteiger charge is 2.34. The molecule has 1 aliphatic rings. The van der Waals surface area contributed by atoms with Gasteiger partial charge in [-0.2, -0.15) is 4.31 Å². The van der Waals surface area contributed by atoms with E-state index >= 15 is 0 Å². The average Bonchev–Trinajstić information content (AvgIpc) is 3.12. The van der Waals surface area contributed by atoms with Crippen LogP contribution < -0.4 is 5.32 Å². The second kappa shape index (κ2) is 8.00. The first-order chi connectivity index (χ1) is 14.4. The molecule has 3 heterocycles. The van der Waals surface area contributed by atoms with Crippen molar-refractivity contribution in [1.29, 1.82) is 0 Å². The summed E-state index contributed by atoms with van der Waals surface area (Å²) in [6.45, 7) is 4.66. The van der Waals surface area contributed by atoms with Gasteiger partial charge in [0.2, 0.25) is 10.0 Å². The molecule has 30 heavy (non-hydrogen) atoms. The Bertz CT molecular complexity index is 1170. The Balaban J connectivity index is 1.73. The Morgan fingerprint density at radius 2 is 2.00 bits per heavy atom. The number of nitrogens with zero attached hydrogens (tertiary/aromatic N) is 4. The van der Waals surface area contributed by atoms with E-state index < -0.39 is 10.0 Å². The van der Waals surface area contributed by atoms with E-state index in [2.05, 4.69) is 15.3 Å². The lowest BCUT2D eigenvalue weighted by Crippen LogP contribution is -2.34. The molecule has 0 saturated heterocycles. The largest absolute Gasteiger partial charge is 0.347 e. The lowest BCUT2D eigenvalue weighted by atomic mass is 10.2. The van der Waals surface area contributed by atoms with Crippen molar-refractivity contribution in [2.24, 2.45) is 5.92 Å². The molecule has 0 radical (unpaired) electrons. The molecule has 1 aromatic carbocycles. The summed E-state index contributed by atoms with van der Waals surface area (Å²) in [7, 11) is -3.70. The first-order valence-electron chi connectivity index (χ1n) is 9.71. The molecule has 0 saturated carbocycles. The molecule has 9 heteroatoms. The summed E-state index contributed by atoms with van der Waals surface area (Å²) in [5.74, 6) is -0.224. The van der Waals surface area contributed by atoms with Crippen molar-refractivity contribution in [2.45, 2.75) is 31.8 Å². The van der Waals surface area contributed by atoms with Crippen molar-refractivity contribution in [3.05, 3.63) is 72.1 Å². The number of nitrogens with one attached hydrogen (secondary N) is 1. The minimum atomic E-state index is -3.70. The summed E-state index contributed by atoms with van der Waals surface area (Å²) >= 11 is 0. The van der Waals surface area contributed by atoms with Gasteiger partial charge in [-0.05, 0) is 29.7 Å². The van der Waals surface area contributed by atoms with Gasteiger partial charge < -0.3 is 5.32 Å². The van der Waals surface area contributed by atoms with Crippen LogP contribution in [0.2, 0.25) is 0 Å². The minimum Gasteiger partial charge on any atom is -0.347 e. The van der Waals surface area contributed by atoms with Gasteiger partial charge in [0.05, 0.1) is 17.9 Å². The fraction of sp³-hybridized carbons (Fsp3) is 0.286. The second-order valence-corrected chi connectivity index (χ2v) is 9.52. The highest BCUT2D eigenvalue weighted by Crippen LogP contribution is 2.31. The fourth-order valence-corrected chi connectivity index (χ4v) is 5.27. The zero-order valence-electron chi connectivity index (χ0n) is 16.8. The number of carbonyl (C=O) groups is 1. The monoisotopic (exact) mass is 425 g/mol. The van der Waals surface area contributed by atoms with E-state index in [4.69, 9.17) is 0 Å². The smallest absolute Gasteiger partial charge is 0.272 e. The van der Waals surface area contributed by atoms with E-state index in [1.54, 1.807) is 47.3 Å². The van der Waals surface area contributed by atoms with E-state index in [0.717, 1.165) is 5.56 Å². The van der Waals surface area contributed by atoms with Crippen molar-refractivity contribution >= 4 is 15.9 Å². The number of imidazole rings is 1. The van der Waals surface area contributed by atoms with Crippen molar-refractivity contribution in [1.82, 2.24) is 24.2 Å². The molecule has 1 N–H and O–H groups in total. The van der Waals surface area contributed by atoms with Gasteiger partial charge in [0.1, 0.15) is 11.2 Å². The highest BCUT2D eigenvalue weighted by molar-refractivity contribution is 7.89. The number of fused-ring (bicyclic) bond motifs is 3. The normalized spacial score (nSPS) is 15.3. The Morgan fingerprint density at radius 1 is 1.20 bits per heavy atom. The molecule has 0 aliphatic carbocycles. The standard InChI is InChI=1S/C21H23N5O3S/c1-15(2)12-25-13-18-20(21(27)23-11-16-6-5-9-22-10-16)24-14-26(18)17-7-3-4-8-19(17)30(25,28)29/h3-10,14-15H,11-13H2,1-2H3,(H,23,27). The second-order valence-electron chi connectivity index (χ2n) is 7.61. The molecule has 0 fully saturated rings. The van der Waals surface area contributed by atoms with Crippen LogP contribution in [-0.2, 0) is 23.1 Å². The molecule has 0 atom stereocenters. The summed E-state index contributed by atoms with van der Waals surface area (Å²) in [5.41, 5.74) is 2.13. The maximum absolute atomic E-state index is 13.3. The topological polar surface area (TPSA) is 97.2 Å². The molecule has 4 rings (SSSR count). The number of amides is 1. The molecule has 0 spiro atoms. The Labute approximate surface area is 175 Å². The number of hydrogen-bond acceptors (Lipinski definition) is 5. The molecule has 1 aliphatic heterocycles. The number of benzene rings is 1. The molecular weight excluding hydrogens is 402 g/mol. The van der Waals surface area contributed by atoms with E-state index in [9.17, 15) is 13.2 Å². The molecule has 156 valence electrons. The first-order valence-corrected chi connectivity index (χ1v) is 11.1. The molecule has 2 aromatic heterocycles. The van der Waals surface area contributed by atoms with E-state index in [1.807, 2.05) is 19.9 Å².